The SMILES string of the molecule is C[PH+](C)C.[Na+].[O-][B]O.[OH-]. The molecule has 0 heterocycles. The molecule has 9 heavy (non-hydrogen) atoms. The van der Waals surface area contributed by atoms with Crippen molar-refractivity contribution < 1.29 is 45.1 Å². The number of rotatable bonds is 0. The Bertz CT molecular complexity index is 30.3. The van der Waals surface area contributed by atoms with Crippen molar-refractivity contribution in [2.75, 3.05) is 20.0 Å². The van der Waals surface area contributed by atoms with Crippen LogP contribution < -0.4 is 34.6 Å². The van der Waals surface area contributed by atoms with Crippen molar-refractivity contribution >= 4 is 15.6 Å². The third-order valence-electron chi connectivity index (χ3n) is 0. The van der Waals surface area contributed by atoms with Gasteiger partial charge in [0, 0.05) is 20.0 Å². The minimum atomic E-state index is -0.250. The van der Waals surface area contributed by atoms with E-state index in [0.29, 0.717) is 0 Å². The van der Waals surface area contributed by atoms with E-state index in [1.165, 1.54) is 0 Å². The summed E-state index contributed by atoms with van der Waals surface area (Å²) in [7, 11) is -0.130. The van der Waals surface area contributed by atoms with E-state index >= 15 is 0 Å². The first-order valence-electron chi connectivity index (χ1n) is 1.99. The average Bonchev–Trinajstić information content (AvgIpc) is 1.33. The number of hydrogen-bond donors (Lipinski definition) is 1. The van der Waals surface area contributed by atoms with Crippen LogP contribution in [0.1, 0.15) is 0 Å². The van der Waals surface area contributed by atoms with Gasteiger partial charge in [-0.15, -0.1) is 0 Å². The van der Waals surface area contributed by atoms with Gasteiger partial charge in [-0.25, -0.2) is 0 Å². The summed E-state index contributed by atoms with van der Waals surface area (Å²) in [6.45, 7) is 6.81. The van der Waals surface area contributed by atoms with E-state index in [2.05, 4.69) is 20.0 Å². The van der Waals surface area contributed by atoms with E-state index in [-0.39, 0.29) is 50.6 Å². The second-order valence-electron chi connectivity index (χ2n) is 1.61. The zero-order valence-electron chi connectivity index (χ0n) is 6.38. The predicted octanol–water partition coefficient (Wildman–Crippen LogP) is -4.21. The molecule has 0 aliphatic heterocycles. The molecule has 2 N–H and O–H groups in total. The Morgan fingerprint density at radius 2 is 1.33 bits per heavy atom. The van der Waals surface area contributed by atoms with Gasteiger partial charge in [-0.2, -0.15) is 0 Å². The topological polar surface area (TPSA) is 73.3 Å². The van der Waals surface area contributed by atoms with Crippen LogP contribution in [0.2, 0.25) is 0 Å². The smallest absolute Gasteiger partial charge is 0.870 e. The first-order chi connectivity index (χ1) is 3.15. The molecule has 0 bridgehead atoms. The van der Waals surface area contributed by atoms with E-state index in [1.54, 1.807) is 0 Å². The van der Waals surface area contributed by atoms with Crippen LogP contribution in [0.25, 0.3) is 0 Å². The molecule has 0 unspecified atom stereocenters. The van der Waals surface area contributed by atoms with E-state index in [9.17, 15) is 0 Å². The zero-order valence-corrected chi connectivity index (χ0v) is 9.38. The summed E-state index contributed by atoms with van der Waals surface area (Å²) in [5.74, 6) is 0. The Morgan fingerprint density at radius 1 is 1.33 bits per heavy atom. The molecule has 0 fully saturated rings. The van der Waals surface area contributed by atoms with Crippen molar-refractivity contribution in [1.29, 1.82) is 0 Å². The minimum absolute atomic E-state index is 0. The maximum absolute atomic E-state index is 8.36. The largest absolute Gasteiger partial charge is 1.00 e. The third-order valence-corrected chi connectivity index (χ3v) is 0. The van der Waals surface area contributed by atoms with Crippen LogP contribution >= 0.6 is 7.92 Å². The molecule has 0 aromatic rings. The van der Waals surface area contributed by atoms with Crippen LogP contribution in [0.15, 0.2) is 0 Å². The molecule has 0 saturated heterocycles. The number of hydrogen-bond acceptors (Lipinski definition) is 3. The maximum Gasteiger partial charge on any atom is 1.00 e. The van der Waals surface area contributed by atoms with Gasteiger partial charge in [-0.05, 0) is 7.92 Å². The van der Waals surface area contributed by atoms with Gasteiger partial charge in [0.05, 0.1) is 0 Å². The molecule has 0 atom stereocenters. The zero-order chi connectivity index (χ0) is 6.28. The van der Waals surface area contributed by atoms with Crippen molar-refractivity contribution in [2.24, 2.45) is 0 Å². The van der Waals surface area contributed by atoms with Gasteiger partial charge < -0.3 is 15.5 Å². The van der Waals surface area contributed by atoms with Crippen LogP contribution in [0.5, 0.6) is 0 Å². The minimum Gasteiger partial charge on any atom is -0.870 e. The summed E-state index contributed by atoms with van der Waals surface area (Å²) in [4.78, 5) is 0. The predicted molar refractivity (Wildman–Crippen MR) is 36.0 cm³/mol. The molecule has 3 nitrogen and oxygen atoms in total. The molecule has 0 aromatic heterocycles. The molecule has 1 radical (unpaired) electrons. The molecular formula is C3H12BNaO3P. The molecule has 0 rings (SSSR count). The van der Waals surface area contributed by atoms with Gasteiger partial charge in [-0.1, -0.05) is 0 Å². The second kappa shape index (κ2) is 22.8. The Kier molecular flexibility index (Phi) is 56.7. The molecule has 0 saturated carbocycles. The molecule has 0 spiro atoms. The first-order valence-corrected chi connectivity index (χ1v) is 4.99. The van der Waals surface area contributed by atoms with Crippen molar-refractivity contribution in [2.45, 2.75) is 0 Å². The van der Waals surface area contributed by atoms with Crippen LogP contribution in [0, 0.1) is 0 Å². The third kappa shape index (κ3) is 270. The fraction of sp³-hybridized carbons (Fsp3) is 1.00. The molecule has 51 valence electrons. The van der Waals surface area contributed by atoms with E-state index in [4.69, 9.17) is 10.0 Å². The first kappa shape index (κ1) is 22.4. The van der Waals surface area contributed by atoms with Gasteiger partial charge in [0.25, 0.3) is 0 Å². The normalized spacial score (nSPS) is 5.56. The fourth-order valence-corrected chi connectivity index (χ4v) is 0. The van der Waals surface area contributed by atoms with Crippen molar-refractivity contribution in [1.82, 2.24) is 0 Å². The van der Waals surface area contributed by atoms with Gasteiger partial charge in [-0.3, -0.25) is 0 Å². The van der Waals surface area contributed by atoms with Crippen LogP contribution in [0.4, 0.5) is 0 Å². The Balaban J connectivity index is -0.0000000233. The Hall–Kier alpha value is 1.37. The molecule has 0 aliphatic rings. The maximum atomic E-state index is 8.36. The van der Waals surface area contributed by atoms with E-state index in [0.717, 1.165) is 0 Å². The Labute approximate surface area is 80.5 Å². The van der Waals surface area contributed by atoms with Crippen molar-refractivity contribution in [3.8, 4) is 0 Å². The summed E-state index contributed by atoms with van der Waals surface area (Å²) in [6, 6.07) is 0. The van der Waals surface area contributed by atoms with Crippen LogP contribution in [0.3, 0.4) is 0 Å². The molecule has 6 heteroatoms. The van der Waals surface area contributed by atoms with Crippen molar-refractivity contribution in [3.63, 3.8) is 0 Å². The quantitative estimate of drug-likeness (QED) is 0.289. The summed E-state index contributed by atoms with van der Waals surface area (Å²) in [5.41, 5.74) is 0. The van der Waals surface area contributed by atoms with Crippen molar-refractivity contribution in [3.05, 3.63) is 0 Å². The summed E-state index contributed by atoms with van der Waals surface area (Å²) in [6.07, 6.45) is 0. The summed E-state index contributed by atoms with van der Waals surface area (Å²) < 4.78 is 0. The average molecular weight is 161 g/mol. The monoisotopic (exact) mass is 161 g/mol. The van der Waals surface area contributed by atoms with Gasteiger partial charge >= 0.3 is 29.6 Å². The van der Waals surface area contributed by atoms with Crippen LogP contribution in [-0.4, -0.2) is 38.2 Å². The summed E-state index contributed by atoms with van der Waals surface area (Å²) >= 11 is 0. The van der Waals surface area contributed by atoms with Gasteiger partial charge in [0.1, 0.15) is 0 Å². The fourth-order valence-electron chi connectivity index (χ4n) is 0. The molecular weight excluding hydrogens is 149 g/mol. The second-order valence-corrected chi connectivity index (χ2v) is 4.61. The van der Waals surface area contributed by atoms with Gasteiger partial charge in [0.2, 0.25) is 0 Å². The molecule has 0 amide bonds. The van der Waals surface area contributed by atoms with E-state index < -0.39 is 0 Å². The standard InChI is InChI=1S/C3H9P.BHO2.Na.H2O/c1-4(2)3;2-1-3;;/h1-3H3;2H;;1H2/q;-1;+1;. The van der Waals surface area contributed by atoms with Crippen LogP contribution in [-0.2, 0) is 0 Å². The Morgan fingerprint density at radius 3 is 1.33 bits per heavy atom. The van der Waals surface area contributed by atoms with E-state index in [1.807, 2.05) is 0 Å². The summed E-state index contributed by atoms with van der Waals surface area (Å²) in [5, 5.41) is 15.2. The van der Waals surface area contributed by atoms with Gasteiger partial charge in [0.15, 0.2) is 7.69 Å². The molecule has 0 aliphatic carbocycles. The molecule has 0 aromatic carbocycles.